The first kappa shape index (κ1) is 12.8. The Labute approximate surface area is 103 Å². The van der Waals surface area contributed by atoms with Gasteiger partial charge in [-0.3, -0.25) is 10.1 Å². The number of aliphatic hydroxyl groups is 1. The molecule has 0 spiro atoms. The topological polar surface area (TPSA) is 58.6 Å². The van der Waals surface area contributed by atoms with E-state index in [1.54, 1.807) is 0 Å². The highest BCUT2D eigenvalue weighted by molar-refractivity contribution is 5.76. The molecule has 2 aliphatic carbocycles. The van der Waals surface area contributed by atoms with Crippen molar-refractivity contribution in [2.24, 2.45) is 5.92 Å². The Morgan fingerprint density at radius 3 is 2.59 bits per heavy atom. The van der Waals surface area contributed by atoms with Gasteiger partial charge in [-0.2, -0.15) is 0 Å². The summed E-state index contributed by atoms with van der Waals surface area (Å²) >= 11 is 0. The fourth-order valence-corrected chi connectivity index (χ4v) is 2.67. The molecule has 2 aliphatic rings. The van der Waals surface area contributed by atoms with Crippen molar-refractivity contribution in [3.05, 3.63) is 0 Å². The molecule has 0 aromatic heterocycles. The molecule has 0 saturated heterocycles. The number of hydrogen-bond donors (Lipinski definition) is 2. The molecule has 0 aliphatic heterocycles. The zero-order valence-electron chi connectivity index (χ0n) is 10.5. The number of nitrogens with one attached hydrogen (secondary N) is 1. The Hall–Kier alpha value is -0.610. The summed E-state index contributed by atoms with van der Waals surface area (Å²) in [5.41, 5.74) is 0. The molecule has 4 heteroatoms. The second-order valence-electron chi connectivity index (χ2n) is 5.32. The zero-order valence-corrected chi connectivity index (χ0v) is 10.5. The second kappa shape index (κ2) is 5.83. The van der Waals surface area contributed by atoms with E-state index in [1.807, 2.05) is 0 Å². The van der Waals surface area contributed by atoms with Crippen LogP contribution >= 0.6 is 0 Å². The lowest BCUT2D eigenvalue weighted by Crippen LogP contribution is -2.49. The number of aliphatic hydroxyl groups excluding tert-OH is 1. The van der Waals surface area contributed by atoms with Crippen LogP contribution in [0.3, 0.4) is 0 Å². The van der Waals surface area contributed by atoms with Crippen molar-refractivity contribution < 1.29 is 14.6 Å². The van der Waals surface area contributed by atoms with E-state index in [1.165, 1.54) is 13.5 Å². The molecule has 0 amide bonds. The third-order valence-electron chi connectivity index (χ3n) is 3.92. The average molecular weight is 241 g/mol. The summed E-state index contributed by atoms with van der Waals surface area (Å²) in [6, 6.07) is -0.153. The van der Waals surface area contributed by atoms with E-state index in [0.29, 0.717) is 5.92 Å². The molecule has 0 heterocycles. The van der Waals surface area contributed by atoms with Crippen LogP contribution in [0.1, 0.15) is 44.9 Å². The third-order valence-corrected chi connectivity index (χ3v) is 3.92. The number of carbonyl (C=O) groups excluding carboxylic acids is 1. The van der Waals surface area contributed by atoms with Crippen LogP contribution in [0.4, 0.5) is 0 Å². The normalized spacial score (nSPS) is 31.6. The van der Waals surface area contributed by atoms with E-state index in [9.17, 15) is 9.90 Å². The molecular formula is C13H23NO3. The lowest BCUT2D eigenvalue weighted by molar-refractivity contribution is -0.144. The van der Waals surface area contributed by atoms with Gasteiger partial charge in [0.2, 0.25) is 0 Å². The predicted octanol–water partition coefficient (Wildman–Crippen LogP) is 1.22. The molecule has 3 atom stereocenters. The van der Waals surface area contributed by atoms with Crippen molar-refractivity contribution in [3.63, 3.8) is 0 Å². The summed E-state index contributed by atoms with van der Waals surface area (Å²) in [5, 5.41) is 13.4. The van der Waals surface area contributed by atoms with Crippen LogP contribution in [0.15, 0.2) is 0 Å². The summed E-state index contributed by atoms with van der Waals surface area (Å²) in [5.74, 6) is 0.238. The molecule has 2 fully saturated rings. The standard InChI is InChI=1S/C13H23NO3/c1-17-13(16)12(9-7-8-9)14-10-5-3-2-4-6-11(10)15/h9-12,14-15H,2-8H2,1H3. The Bertz CT molecular complexity index is 265. The summed E-state index contributed by atoms with van der Waals surface area (Å²) in [6.07, 6.45) is 7.08. The Morgan fingerprint density at radius 2 is 1.94 bits per heavy atom. The smallest absolute Gasteiger partial charge is 0.323 e. The van der Waals surface area contributed by atoms with Crippen molar-refractivity contribution in [1.29, 1.82) is 0 Å². The quantitative estimate of drug-likeness (QED) is 0.574. The molecule has 0 aromatic rings. The van der Waals surface area contributed by atoms with Crippen LogP contribution in [0.25, 0.3) is 0 Å². The number of ether oxygens (including phenoxy) is 1. The number of carbonyl (C=O) groups is 1. The van der Waals surface area contributed by atoms with Gasteiger partial charge in [0.25, 0.3) is 0 Å². The van der Waals surface area contributed by atoms with E-state index >= 15 is 0 Å². The summed E-state index contributed by atoms with van der Waals surface area (Å²) < 4.78 is 4.84. The molecule has 4 nitrogen and oxygen atoms in total. The van der Waals surface area contributed by atoms with Gasteiger partial charge in [-0.1, -0.05) is 19.3 Å². The molecule has 2 rings (SSSR count). The van der Waals surface area contributed by atoms with Gasteiger partial charge in [-0.05, 0) is 31.6 Å². The molecule has 98 valence electrons. The van der Waals surface area contributed by atoms with Gasteiger partial charge in [0, 0.05) is 6.04 Å². The molecule has 17 heavy (non-hydrogen) atoms. The highest BCUT2D eigenvalue weighted by Gasteiger charge is 2.39. The van der Waals surface area contributed by atoms with E-state index in [2.05, 4.69) is 5.32 Å². The number of hydrogen-bond acceptors (Lipinski definition) is 4. The van der Waals surface area contributed by atoms with Gasteiger partial charge in [0.1, 0.15) is 6.04 Å². The number of methoxy groups -OCH3 is 1. The van der Waals surface area contributed by atoms with Gasteiger partial charge in [-0.25, -0.2) is 0 Å². The van der Waals surface area contributed by atoms with Crippen molar-refractivity contribution in [2.75, 3.05) is 7.11 Å². The van der Waals surface area contributed by atoms with Crippen LogP contribution < -0.4 is 5.32 Å². The SMILES string of the molecule is COC(=O)C(NC1CCCCCC1O)C1CC1. The van der Waals surface area contributed by atoms with Crippen LogP contribution in [0.2, 0.25) is 0 Å². The minimum Gasteiger partial charge on any atom is -0.468 e. The van der Waals surface area contributed by atoms with Crippen LogP contribution in [0, 0.1) is 5.92 Å². The first-order chi connectivity index (χ1) is 8.22. The summed E-state index contributed by atoms with van der Waals surface area (Å²) in [4.78, 5) is 11.7. The maximum absolute atomic E-state index is 11.7. The Balaban J connectivity index is 1.93. The van der Waals surface area contributed by atoms with Crippen LogP contribution in [0.5, 0.6) is 0 Å². The number of esters is 1. The van der Waals surface area contributed by atoms with Gasteiger partial charge < -0.3 is 9.84 Å². The molecule has 0 bridgehead atoms. The van der Waals surface area contributed by atoms with Crippen molar-refractivity contribution >= 4 is 5.97 Å². The van der Waals surface area contributed by atoms with E-state index in [4.69, 9.17) is 4.74 Å². The van der Waals surface area contributed by atoms with Gasteiger partial charge in [0.15, 0.2) is 0 Å². The predicted molar refractivity (Wildman–Crippen MR) is 64.5 cm³/mol. The van der Waals surface area contributed by atoms with Crippen LogP contribution in [-0.2, 0) is 9.53 Å². The van der Waals surface area contributed by atoms with Crippen molar-refractivity contribution in [1.82, 2.24) is 5.32 Å². The second-order valence-corrected chi connectivity index (χ2v) is 5.32. The fraction of sp³-hybridized carbons (Fsp3) is 0.923. The first-order valence-electron chi connectivity index (χ1n) is 6.74. The molecule has 2 saturated carbocycles. The van der Waals surface area contributed by atoms with E-state index < -0.39 is 0 Å². The Kier molecular flexibility index (Phi) is 4.40. The minimum atomic E-state index is -0.316. The fourth-order valence-electron chi connectivity index (χ4n) is 2.67. The molecule has 3 unspecified atom stereocenters. The largest absolute Gasteiger partial charge is 0.468 e. The van der Waals surface area contributed by atoms with Crippen LogP contribution in [-0.4, -0.2) is 36.4 Å². The summed E-state index contributed by atoms with van der Waals surface area (Å²) in [6.45, 7) is 0. The lowest BCUT2D eigenvalue weighted by Gasteiger charge is -2.26. The highest BCUT2D eigenvalue weighted by atomic mass is 16.5. The van der Waals surface area contributed by atoms with Gasteiger partial charge >= 0.3 is 5.97 Å². The van der Waals surface area contributed by atoms with Crippen molar-refractivity contribution in [3.8, 4) is 0 Å². The monoisotopic (exact) mass is 241 g/mol. The maximum atomic E-state index is 11.7. The average Bonchev–Trinajstić information content (AvgIpc) is 3.14. The first-order valence-corrected chi connectivity index (χ1v) is 6.74. The number of rotatable bonds is 4. The molecule has 2 N–H and O–H groups in total. The van der Waals surface area contributed by atoms with Crippen molar-refractivity contribution in [2.45, 2.75) is 63.1 Å². The summed E-state index contributed by atoms with van der Waals surface area (Å²) in [7, 11) is 1.43. The maximum Gasteiger partial charge on any atom is 0.323 e. The lowest BCUT2D eigenvalue weighted by atomic mass is 10.0. The van der Waals surface area contributed by atoms with E-state index in [-0.39, 0.29) is 24.2 Å². The van der Waals surface area contributed by atoms with E-state index in [0.717, 1.165) is 38.5 Å². The van der Waals surface area contributed by atoms with Gasteiger partial charge in [0.05, 0.1) is 13.2 Å². The minimum absolute atomic E-state index is 0.0576. The third kappa shape index (κ3) is 3.42. The molecule has 0 aromatic carbocycles. The zero-order chi connectivity index (χ0) is 12.3. The highest BCUT2D eigenvalue weighted by Crippen LogP contribution is 2.34. The molecule has 0 radical (unpaired) electrons. The Morgan fingerprint density at radius 1 is 1.24 bits per heavy atom. The molecular weight excluding hydrogens is 218 g/mol. The van der Waals surface area contributed by atoms with Gasteiger partial charge in [-0.15, -0.1) is 0 Å².